The van der Waals surface area contributed by atoms with Gasteiger partial charge in [0, 0.05) is 24.5 Å². The van der Waals surface area contributed by atoms with Crippen molar-refractivity contribution in [2.75, 3.05) is 11.5 Å². The first kappa shape index (κ1) is 12.5. The van der Waals surface area contributed by atoms with E-state index < -0.39 is 9.84 Å². The van der Waals surface area contributed by atoms with Gasteiger partial charge in [0.25, 0.3) is 0 Å². The lowest BCUT2D eigenvalue weighted by molar-refractivity contribution is 0.437. The predicted molar refractivity (Wildman–Crippen MR) is 67.5 cm³/mol. The lowest BCUT2D eigenvalue weighted by atomic mass is 10.1. The van der Waals surface area contributed by atoms with E-state index in [1.54, 1.807) is 12.4 Å². The van der Waals surface area contributed by atoms with Gasteiger partial charge in [-0.05, 0) is 37.5 Å². The van der Waals surface area contributed by atoms with E-state index in [1.165, 1.54) is 0 Å². The Morgan fingerprint density at radius 1 is 1.41 bits per heavy atom. The fourth-order valence-corrected chi connectivity index (χ4v) is 3.91. The summed E-state index contributed by atoms with van der Waals surface area (Å²) in [4.78, 5) is 3.97. The number of nitrogens with one attached hydrogen (secondary N) is 1. The van der Waals surface area contributed by atoms with E-state index in [1.807, 2.05) is 12.1 Å². The van der Waals surface area contributed by atoms with Gasteiger partial charge in [-0.2, -0.15) is 0 Å². The second-order valence-electron chi connectivity index (χ2n) is 4.62. The van der Waals surface area contributed by atoms with Gasteiger partial charge in [0.2, 0.25) is 0 Å². The molecule has 0 radical (unpaired) electrons. The minimum absolute atomic E-state index is 0.0805. The fraction of sp³-hybridized carbons (Fsp3) is 0.583. The Balaban J connectivity index is 1.97. The van der Waals surface area contributed by atoms with Gasteiger partial charge in [0.1, 0.15) is 0 Å². The predicted octanol–water partition coefficient (Wildman–Crippen LogP) is 1.31. The molecule has 0 amide bonds. The van der Waals surface area contributed by atoms with Crippen LogP contribution >= 0.6 is 0 Å². The first-order valence-electron chi connectivity index (χ1n) is 5.93. The highest BCUT2D eigenvalue weighted by molar-refractivity contribution is 7.91. The zero-order chi connectivity index (χ0) is 12.3. The molecule has 0 aliphatic carbocycles. The normalized spacial score (nSPS) is 25.4. The fourth-order valence-electron chi connectivity index (χ4n) is 2.26. The van der Waals surface area contributed by atoms with Crippen LogP contribution in [0.4, 0.5) is 0 Å². The summed E-state index contributed by atoms with van der Waals surface area (Å²) in [7, 11) is -2.83. The van der Waals surface area contributed by atoms with Crippen molar-refractivity contribution in [3.8, 4) is 0 Å². The third-order valence-electron chi connectivity index (χ3n) is 3.15. The van der Waals surface area contributed by atoms with Gasteiger partial charge in [-0.15, -0.1) is 0 Å². The molecule has 2 unspecified atom stereocenters. The van der Waals surface area contributed by atoms with Gasteiger partial charge in [0.15, 0.2) is 9.84 Å². The highest BCUT2D eigenvalue weighted by Gasteiger charge is 2.25. The molecule has 4 nitrogen and oxygen atoms in total. The maximum atomic E-state index is 11.5. The lowest BCUT2D eigenvalue weighted by Crippen LogP contribution is -2.41. The summed E-state index contributed by atoms with van der Waals surface area (Å²) < 4.78 is 23.1. The SMILES string of the molecule is CC(NC1CCCS(=O)(=O)C1)c1ccncc1. The van der Waals surface area contributed by atoms with Crippen LogP contribution in [-0.2, 0) is 9.84 Å². The maximum absolute atomic E-state index is 11.5. The average molecular weight is 254 g/mol. The average Bonchev–Trinajstić information content (AvgIpc) is 2.29. The number of hydrogen-bond donors (Lipinski definition) is 1. The molecular weight excluding hydrogens is 236 g/mol. The largest absolute Gasteiger partial charge is 0.306 e. The third kappa shape index (κ3) is 3.51. The Kier molecular flexibility index (Phi) is 3.79. The van der Waals surface area contributed by atoms with Gasteiger partial charge in [-0.1, -0.05) is 0 Å². The van der Waals surface area contributed by atoms with E-state index in [4.69, 9.17) is 0 Å². The van der Waals surface area contributed by atoms with Crippen molar-refractivity contribution in [3.05, 3.63) is 30.1 Å². The molecule has 5 heteroatoms. The van der Waals surface area contributed by atoms with Crippen molar-refractivity contribution in [3.63, 3.8) is 0 Å². The number of rotatable bonds is 3. The van der Waals surface area contributed by atoms with Crippen molar-refractivity contribution >= 4 is 9.84 Å². The topological polar surface area (TPSA) is 59.1 Å². The number of sulfone groups is 1. The standard InChI is InChI=1S/C12H18N2O2S/c1-10(11-4-6-13-7-5-11)14-12-3-2-8-17(15,16)9-12/h4-7,10,12,14H,2-3,8-9H2,1H3. The third-order valence-corrected chi connectivity index (χ3v) is 4.98. The summed E-state index contributed by atoms with van der Waals surface area (Å²) in [6.07, 6.45) is 5.22. The molecule has 1 aromatic rings. The van der Waals surface area contributed by atoms with Crippen LogP contribution in [0.25, 0.3) is 0 Å². The Labute approximate surface area is 102 Å². The molecule has 1 aromatic heterocycles. The molecule has 17 heavy (non-hydrogen) atoms. The minimum atomic E-state index is -2.83. The van der Waals surface area contributed by atoms with Gasteiger partial charge < -0.3 is 5.32 Å². The molecule has 2 heterocycles. The van der Waals surface area contributed by atoms with Crippen molar-refractivity contribution in [2.45, 2.75) is 31.8 Å². The maximum Gasteiger partial charge on any atom is 0.151 e. The van der Waals surface area contributed by atoms with Gasteiger partial charge in [-0.3, -0.25) is 4.98 Å². The second kappa shape index (κ2) is 5.14. The van der Waals surface area contributed by atoms with Crippen LogP contribution in [0.3, 0.4) is 0 Å². The van der Waals surface area contributed by atoms with E-state index in [2.05, 4.69) is 17.2 Å². The molecule has 1 fully saturated rings. The molecule has 1 saturated heterocycles. The molecule has 0 aromatic carbocycles. The Hall–Kier alpha value is -0.940. The summed E-state index contributed by atoms with van der Waals surface area (Å²) in [6.45, 7) is 2.05. The molecule has 1 N–H and O–H groups in total. The lowest BCUT2D eigenvalue weighted by Gasteiger charge is -2.26. The molecule has 0 bridgehead atoms. The van der Waals surface area contributed by atoms with E-state index in [0.717, 1.165) is 18.4 Å². The first-order chi connectivity index (χ1) is 8.07. The van der Waals surface area contributed by atoms with E-state index in [0.29, 0.717) is 5.75 Å². The monoisotopic (exact) mass is 254 g/mol. The van der Waals surface area contributed by atoms with Crippen LogP contribution in [0.15, 0.2) is 24.5 Å². The number of hydrogen-bond acceptors (Lipinski definition) is 4. The van der Waals surface area contributed by atoms with Crippen LogP contribution in [0.1, 0.15) is 31.4 Å². The first-order valence-corrected chi connectivity index (χ1v) is 7.75. The van der Waals surface area contributed by atoms with E-state index in [9.17, 15) is 8.42 Å². The molecule has 2 atom stereocenters. The Morgan fingerprint density at radius 2 is 2.12 bits per heavy atom. The summed E-state index contributed by atoms with van der Waals surface area (Å²) >= 11 is 0. The van der Waals surface area contributed by atoms with Crippen molar-refractivity contribution in [1.29, 1.82) is 0 Å². The van der Waals surface area contributed by atoms with Gasteiger partial charge in [-0.25, -0.2) is 8.42 Å². The summed E-state index contributed by atoms with van der Waals surface area (Å²) in [5.74, 6) is 0.608. The van der Waals surface area contributed by atoms with Crippen LogP contribution in [-0.4, -0.2) is 30.9 Å². The highest BCUT2D eigenvalue weighted by Crippen LogP contribution is 2.17. The van der Waals surface area contributed by atoms with Crippen LogP contribution in [0, 0.1) is 0 Å². The second-order valence-corrected chi connectivity index (χ2v) is 6.85. The zero-order valence-electron chi connectivity index (χ0n) is 9.96. The molecule has 1 aliphatic heterocycles. The van der Waals surface area contributed by atoms with E-state index >= 15 is 0 Å². The molecule has 1 aliphatic rings. The molecular formula is C12H18N2O2S. The Bertz CT molecular complexity index is 459. The smallest absolute Gasteiger partial charge is 0.151 e. The number of pyridine rings is 1. The number of nitrogens with zero attached hydrogens (tertiary/aromatic N) is 1. The zero-order valence-corrected chi connectivity index (χ0v) is 10.8. The van der Waals surface area contributed by atoms with Crippen LogP contribution in [0.5, 0.6) is 0 Å². The Morgan fingerprint density at radius 3 is 2.76 bits per heavy atom. The van der Waals surface area contributed by atoms with Gasteiger partial charge in [0.05, 0.1) is 11.5 Å². The molecule has 94 valence electrons. The van der Waals surface area contributed by atoms with Crippen molar-refractivity contribution < 1.29 is 8.42 Å². The summed E-state index contributed by atoms with van der Waals surface area (Å²) in [5.41, 5.74) is 1.14. The van der Waals surface area contributed by atoms with Crippen molar-refractivity contribution in [2.24, 2.45) is 0 Å². The number of aromatic nitrogens is 1. The minimum Gasteiger partial charge on any atom is -0.306 e. The molecule has 0 spiro atoms. The van der Waals surface area contributed by atoms with Gasteiger partial charge >= 0.3 is 0 Å². The highest BCUT2D eigenvalue weighted by atomic mass is 32.2. The quantitative estimate of drug-likeness (QED) is 0.883. The summed E-state index contributed by atoms with van der Waals surface area (Å²) in [5, 5.41) is 3.38. The van der Waals surface area contributed by atoms with Crippen molar-refractivity contribution in [1.82, 2.24) is 10.3 Å². The van der Waals surface area contributed by atoms with Crippen LogP contribution in [0.2, 0.25) is 0 Å². The molecule has 2 rings (SSSR count). The summed E-state index contributed by atoms with van der Waals surface area (Å²) in [6, 6.07) is 4.15. The molecule has 0 saturated carbocycles. The van der Waals surface area contributed by atoms with Crippen LogP contribution < -0.4 is 5.32 Å². The van der Waals surface area contributed by atoms with E-state index in [-0.39, 0.29) is 17.8 Å².